The molecule has 1 aliphatic rings. The average molecular weight is 179 g/mol. The monoisotopic (exact) mass is 179 g/mol. The fourth-order valence-electron chi connectivity index (χ4n) is 2.24. The smallest absolute Gasteiger partial charge is 0.181 e. The summed E-state index contributed by atoms with van der Waals surface area (Å²) in [7, 11) is 0. The van der Waals surface area contributed by atoms with E-state index in [1.807, 2.05) is 0 Å². The Balaban J connectivity index is 2.00. The molecule has 0 amide bonds. The lowest BCUT2D eigenvalue weighted by Gasteiger charge is -2.21. The largest absolute Gasteiger partial charge is 0.448 e. The number of nitrogens with zero attached hydrogens (tertiary/aromatic N) is 1. The van der Waals surface area contributed by atoms with Crippen LogP contribution in [0, 0.1) is 11.8 Å². The first-order valence-corrected chi connectivity index (χ1v) is 5.17. The van der Waals surface area contributed by atoms with Crippen LogP contribution in [0.3, 0.4) is 0 Å². The third-order valence-corrected chi connectivity index (χ3v) is 2.79. The quantitative estimate of drug-likeness (QED) is 0.697. The van der Waals surface area contributed by atoms with E-state index in [-0.39, 0.29) is 0 Å². The summed E-state index contributed by atoms with van der Waals surface area (Å²) in [6.45, 7) is 4.58. The third kappa shape index (κ3) is 1.93. The highest BCUT2D eigenvalue weighted by Gasteiger charge is 2.22. The highest BCUT2D eigenvalue weighted by molar-refractivity contribution is 5.11. The van der Waals surface area contributed by atoms with Crippen molar-refractivity contribution in [1.29, 1.82) is 0 Å². The van der Waals surface area contributed by atoms with Crippen molar-refractivity contribution in [3.63, 3.8) is 0 Å². The lowest BCUT2D eigenvalue weighted by molar-refractivity contribution is 0.346. The minimum atomic E-state index is 0.804. The third-order valence-electron chi connectivity index (χ3n) is 2.79. The van der Waals surface area contributed by atoms with Crippen molar-refractivity contribution >= 4 is 0 Å². The molecule has 1 atom stereocenters. The van der Waals surface area contributed by atoms with Gasteiger partial charge in [0, 0.05) is 6.42 Å². The zero-order chi connectivity index (χ0) is 9.26. The van der Waals surface area contributed by atoms with Gasteiger partial charge < -0.3 is 4.42 Å². The molecular weight excluding hydrogens is 162 g/mol. The highest BCUT2D eigenvalue weighted by atomic mass is 16.3. The van der Waals surface area contributed by atoms with E-state index in [1.54, 1.807) is 6.39 Å². The van der Waals surface area contributed by atoms with Crippen LogP contribution >= 0.6 is 0 Å². The van der Waals surface area contributed by atoms with Gasteiger partial charge in [-0.25, -0.2) is 4.98 Å². The van der Waals surface area contributed by atoms with Gasteiger partial charge in [-0.2, -0.15) is 0 Å². The molecule has 1 heterocycles. The maximum atomic E-state index is 5.30. The molecule has 72 valence electrons. The van der Waals surface area contributed by atoms with E-state index in [0.717, 1.165) is 30.4 Å². The van der Waals surface area contributed by atoms with E-state index in [1.165, 1.54) is 18.5 Å². The molecule has 0 saturated heterocycles. The molecule has 0 saturated carbocycles. The van der Waals surface area contributed by atoms with E-state index in [9.17, 15) is 0 Å². The number of oxazole rings is 1. The van der Waals surface area contributed by atoms with Crippen LogP contribution in [-0.2, 0) is 12.8 Å². The molecule has 2 heteroatoms. The lowest BCUT2D eigenvalue weighted by atomic mass is 9.84. The summed E-state index contributed by atoms with van der Waals surface area (Å²) in [5, 5.41) is 0. The van der Waals surface area contributed by atoms with Gasteiger partial charge in [-0.3, -0.25) is 0 Å². The van der Waals surface area contributed by atoms with E-state index < -0.39 is 0 Å². The molecule has 0 bridgehead atoms. The molecule has 0 spiro atoms. The van der Waals surface area contributed by atoms with Gasteiger partial charge in [-0.1, -0.05) is 13.8 Å². The van der Waals surface area contributed by atoms with Gasteiger partial charge in [-0.05, 0) is 31.1 Å². The van der Waals surface area contributed by atoms with Gasteiger partial charge in [0.1, 0.15) is 5.76 Å². The molecule has 2 nitrogen and oxygen atoms in total. The Labute approximate surface area is 79.4 Å². The van der Waals surface area contributed by atoms with Crippen molar-refractivity contribution in [3.8, 4) is 0 Å². The summed E-state index contributed by atoms with van der Waals surface area (Å²) in [6, 6.07) is 0. The molecule has 1 unspecified atom stereocenters. The first kappa shape index (κ1) is 8.79. The second-order valence-electron chi connectivity index (χ2n) is 4.46. The first-order valence-electron chi connectivity index (χ1n) is 5.17. The van der Waals surface area contributed by atoms with Crippen molar-refractivity contribution in [2.24, 2.45) is 11.8 Å². The van der Waals surface area contributed by atoms with Crippen molar-refractivity contribution in [1.82, 2.24) is 4.98 Å². The van der Waals surface area contributed by atoms with Gasteiger partial charge in [-0.15, -0.1) is 0 Å². The number of hydrogen-bond donors (Lipinski definition) is 0. The summed E-state index contributed by atoms with van der Waals surface area (Å²) < 4.78 is 5.30. The molecule has 0 N–H and O–H groups in total. The van der Waals surface area contributed by atoms with Gasteiger partial charge in [0.2, 0.25) is 0 Å². The summed E-state index contributed by atoms with van der Waals surface area (Å²) in [5.74, 6) is 2.76. The fourth-order valence-corrected chi connectivity index (χ4v) is 2.24. The van der Waals surface area contributed by atoms with Crippen LogP contribution in [0.2, 0.25) is 0 Å². The molecule has 2 rings (SSSR count). The van der Waals surface area contributed by atoms with Crippen molar-refractivity contribution < 1.29 is 4.42 Å². The fraction of sp³-hybridized carbons (Fsp3) is 0.727. The van der Waals surface area contributed by atoms with Crippen LogP contribution in [0.5, 0.6) is 0 Å². The molecule has 0 aromatic carbocycles. The topological polar surface area (TPSA) is 26.0 Å². The van der Waals surface area contributed by atoms with E-state index in [0.29, 0.717) is 0 Å². The maximum Gasteiger partial charge on any atom is 0.181 e. The van der Waals surface area contributed by atoms with Crippen LogP contribution in [0.15, 0.2) is 10.8 Å². The number of aryl methyl sites for hydroxylation is 1. The average Bonchev–Trinajstić information content (AvgIpc) is 2.49. The van der Waals surface area contributed by atoms with E-state index in [4.69, 9.17) is 4.42 Å². The number of hydrogen-bond acceptors (Lipinski definition) is 2. The minimum Gasteiger partial charge on any atom is -0.448 e. The Morgan fingerprint density at radius 3 is 3.23 bits per heavy atom. The lowest BCUT2D eigenvalue weighted by Crippen LogP contribution is -2.15. The first-order chi connectivity index (χ1) is 6.25. The number of aromatic nitrogens is 1. The summed E-state index contributed by atoms with van der Waals surface area (Å²) in [5.41, 5.74) is 1.21. The molecular formula is C11H17NO. The predicted molar refractivity (Wildman–Crippen MR) is 51.5 cm³/mol. The Morgan fingerprint density at radius 2 is 2.46 bits per heavy atom. The SMILES string of the molecule is CC(C)CC1CCc2ocnc2C1. The summed E-state index contributed by atoms with van der Waals surface area (Å²) in [4.78, 5) is 4.25. The van der Waals surface area contributed by atoms with Gasteiger partial charge in [0.15, 0.2) is 6.39 Å². The zero-order valence-corrected chi connectivity index (χ0v) is 8.42. The second kappa shape index (κ2) is 3.52. The number of rotatable bonds is 2. The summed E-state index contributed by atoms with van der Waals surface area (Å²) in [6.07, 6.45) is 6.41. The van der Waals surface area contributed by atoms with Crippen molar-refractivity contribution in [2.45, 2.75) is 39.5 Å². The van der Waals surface area contributed by atoms with Crippen LogP contribution in [0.25, 0.3) is 0 Å². The summed E-state index contributed by atoms with van der Waals surface area (Å²) >= 11 is 0. The van der Waals surface area contributed by atoms with Crippen LogP contribution in [0.4, 0.5) is 0 Å². The molecule has 0 fully saturated rings. The Kier molecular flexibility index (Phi) is 2.38. The molecule has 0 radical (unpaired) electrons. The maximum absolute atomic E-state index is 5.30. The molecule has 1 aromatic rings. The normalized spacial score (nSPS) is 21.9. The minimum absolute atomic E-state index is 0.804. The van der Waals surface area contributed by atoms with Crippen molar-refractivity contribution in [3.05, 3.63) is 17.8 Å². The van der Waals surface area contributed by atoms with Gasteiger partial charge in [0.05, 0.1) is 5.69 Å². The van der Waals surface area contributed by atoms with Gasteiger partial charge in [0.25, 0.3) is 0 Å². The van der Waals surface area contributed by atoms with Crippen molar-refractivity contribution in [2.75, 3.05) is 0 Å². The second-order valence-corrected chi connectivity index (χ2v) is 4.46. The van der Waals surface area contributed by atoms with E-state index in [2.05, 4.69) is 18.8 Å². The molecule has 1 aliphatic carbocycles. The molecule has 13 heavy (non-hydrogen) atoms. The Morgan fingerprint density at radius 1 is 1.62 bits per heavy atom. The Hall–Kier alpha value is -0.790. The number of fused-ring (bicyclic) bond motifs is 1. The predicted octanol–water partition coefficient (Wildman–Crippen LogP) is 2.83. The van der Waals surface area contributed by atoms with Crippen LogP contribution < -0.4 is 0 Å². The highest BCUT2D eigenvalue weighted by Crippen LogP contribution is 2.28. The van der Waals surface area contributed by atoms with Crippen LogP contribution in [-0.4, -0.2) is 4.98 Å². The standard InChI is InChI=1S/C11H17NO/c1-8(2)5-9-3-4-11-10(6-9)12-7-13-11/h7-9H,3-6H2,1-2H3. The van der Waals surface area contributed by atoms with E-state index >= 15 is 0 Å². The zero-order valence-electron chi connectivity index (χ0n) is 8.42. The Bertz CT molecular complexity index is 277. The van der Waals surface area contributed by atoms with Gasteiger partial charge >= 0.3 is 0 Å². The molecule has 0 aliphatic heterocycles. The van der Waals surface area contributed by atoms with Crippen LogP contribution in [0.1, 0.15) is 38.1 Å². The molecule has 1 aromatic heterocycles.